The summed E-state index contributed by atoms with van der Waals surface area (Å²) < 4.78 is 30.8. The molecule has 0 amide bonds. The van der Waals surface area contributed by atoms with Gasteiger partial charge in [-0.1, -0.05) is 12.1 Å². The highest BCUT2D eigenvalue weighted by Crippen LogP contribution is 2.33. The molecule has 7 heteroatoms. The summed E-state index contributed by atoms with van der Waals surface area (Å²) in [5.74, 6) is -0.0671. The molecule has 1 fully saturated rings. The zero-order valence-electron chi connectivity index (χ0n) is 11.5. The third-order valence-electron chi connectivity index (χ3n) is 3.48. The molecule has 3 rings (SSSR count). The van der Waals surface area contributed by atoms with E-state index in [1.807, 2.05) is 0 Å². The number of alkyl halides is 2. The second-order valence-electron chi connectivity index (χ2n) is 5.24. The standard InChI is InChI=1S/C14H15F2N3O2/c1-21-8-14(20)6-19(7-14)13-9-4-2-3-5-10(9)17-12(18-13)11(15)16/h2-5,11,20H,6-8H2,1H3. The number of para-hydroxylation sites is 1. The highest BCUT2D eigenvalue weighted by Gasteiger charge is 2.42. The average Bonchev–Trinajstić information content (AvgIpc) is 2.43. The number of rotatable bonds is 4. The monoisotopic (exact) mass is 295 g/mol. The number of methoxy groups -OCH3 is 1. The van der Waals surface area contributed by atoms with E-state index >= 15 is 0 Å². The minimum atomic E-state index is -2.73. The molecule has 21 heavy (non-hydrogen) atoms. The number of aromatic nitrogens is 2. The maximum absolute atomic E-state index is 12.9. The second kappa shape index (κ2) is 5.16. The van der Waals surface area contributed by atoms with Gasteiger partial charge < -0.3 is 14.7 Å². The van der Waals surface area contributed by atoms with Gasteiger partial charge in [0.2, 0.25) is 0 Å². The Hall–Kier alpha value is -1.86. The van der Waals surface area contributed by atoms with Gasteiger partial charge in [0.25, 0.3) is 6.43 Å². The summed E-state index contributed by atoms with van der Waals surface area (Å²) in [6.45, 7) is 0.795. The lowest BCUT2D eigenvalue weighted by atomic mass is 9.95. The molecule has 0 unspecified atom stereocenters. The lowest BCUT2D eigenvalue weighted by molar-refractivity contribution is -0.0505. The summed E-state index contributed by atoms with van der Waals surface area (Å²) >= 11 is 0. The molecule has 2 aromatic rings. The highest BCUT2D eigenvalue weighted by atomic mass is 19.3. The minimum Gasteiger partial charge on any atom is -0.384 e. The van der Waals surface area contributed by atoms with Crippen molar-refractivity contribution in [2.24, 2.45) is 0 Å². The van der Waals surface area contributed by atoms with Crippen LogP contribution in [0.25, 0.3) is 10.9 Å². The van der Waals surface area contributed by atoms with E-state index in [-0.39, 0.29) is 6.61 Å². The first-order valence-electron chi connectivity index (χ1n) is 6.53. The zero-order chi connectivity index (χ0) is 15.0. The van der Waals surface area contributed by atoms with E-state index in [9.17, 15) is 13.9 Å². The van der Waals surface area contributed by atoms with Crippen LogP contribution in [0.3, 0.4) is 0 Å². The van der Waals surface area contributed by atoms with Crippen molar-refractivity contribution in [2.45, 2.75) is 12.0 Å². The topological polar surface area (TPSA) is 58.5 Å². The number of β-amino-alcohol motifs (C(OH)–C–C–N with tert-alkyl or cyclic N) is 1. The van der Waals surface area contributed by atoms with Crippen LogP contribution in [0.5, 0.6) is 0 Å². The fraction of sp³-hybridized carbons (Fsp3) is 0.429. The van der Waals surface area contributed by atoms with Crippen LogP contribution in [0.4, 0.5) is 14.6 Å². The fourth-order valence-corrected chi connectivity index (χ4v) is 2.59. The first-order chi connectivity index (χ1) is 10.0. The number of fused-ring (bicyclic) bond motifs is 1. The van der Waals surface area contributed by atoms with Gasteiger partial charge in [-0.3, -0.25) is 0 Å². The molecule has 2 heterocycles. The molecule has 0 radical (unpaired) electrons. The number of nitrogens with zero attached hydrogens (tertiary/aromatic N) is 3. The molecule has 0 saturated carbocycles. The first-order valence-corrected chi connectivity index (χ1v) is 6.53. The SMILES string of the molecule is COCC1(O)CN(c2nc(C(F)F)nc3ccccc23)C1. The molecule has 1 aromatic carbocycles. The van der Waals surface area contributed by atoms with Gasteiger partial charge in [-0.25, -0.2) is 18.7 Å². The Balaban J connectivity index is 1.98. The number of halogens is 2. The van der Waals surface area contributed by atoms with Crippen LogP contribution < -0.4 is 4.90 Å². The van der Waals surface area contributed by atoms with Gasteiger partial charge >= 0.3 is 0 Å². The van der Waals surface area contributed by atoms with E-state index in [2.05, 4.69) is 9.97 Å². The van der Waals surface area contributed by atoms with E-state index in [4.69, 9.17) is 4.74 Å². The van der Waals surface area contributed by atoms with Gasteiger partial charge in [0.05, 0.1) is 25.2 Å². The number of aliphatic hydroxyl groups is 1. The summed E-state index contributed by atoms with van der Waals surface area (Å²) in [4.78, 5) is 9.59. The van der Waals surface area contributed by atoms with Crippen molar-refractivity contribution in [1.82, 2.24) is 9.97 Å². The maximum Gasteiger partial charge on any atom is 0.297 e. The van der Waals surface area contributed by atoms with Crippen LogP contribution in [0.1, 0.15) is 12.2 Å². The Kier molecular flexibility index (Phi) is 3.46. The number of hydrogen-bond acceptors (Lipinski definition) is 5. The average molecular weight is 295 g/mol. The van der Waals surface area contributed by atoms with Crippen molar-refractivity contribution < 1.29 is 18.6 Å². The maximum atomic E-state index is 12.9. The van der Waals surface area contributed by atoms with Crippen LogP contribution in [-0.2, 0) is 4.74 Å². The van der Waals surface area contributed by atoms with Gasteiger partial charge in [0.1, 0.15) is 11.4 Å². The highest BCUT2D eigenvalue weighted by molar-refractivity contribution is 5.90. The van der Waals surface area contributed by atoms with Gasteiger partial charge in [-0.05, 0) is 12.1 Å². The van der Waals surface area contributed by atoms with Crippen molar-refractivity contribution in [1.29, 1.82) is 0 Å². The summed E-state index contributed by atoms with van der Waals surface area (Å²) in [6, 6.07) is 7.01. The minimum absolute atomic E-state index is 0.203. The van der Waals surface area contributed by atoms with Crippen LogP contribution in [0.15, 0.2) is 24.3 Å². The van der Waals surface area contributed by atoms with E-state index < -0.39 is 17.9 Å². The predicted octanol–water partition coefficient (Wildman–Crippen LogP) is 1.76. The molecule has 1 aliphatic heterocycles. The van der Waals surface area contributed by atoms with Crippen molar-refractivity contribution in [3.8, 4) is 0 Å². The lowest BCUT2D eigenvalue weighted by Crippen LogP contribution is -2.64. The molecule has 0 bridgehead atoms. The molecule has 1 saturated heterocycles. The van der Waals surface area contributed by atoms with Crippen molar-refractivity contribution >= 4 is 16.7 Å². The number of ether oxygens (including phenoxy) is 1. The van der Waals surface area contributed by atoms with Crippen LogP contribution in [0.2, 0.25) is 0 Å². The zero-order valence-corrected chi connectivity index (χ0v) is 11.5. The van der Waals surface area contributed by atoms with Crippen molar-refractivity contribution in [3.05, 3.63) is 30.1 Å². The molecule has 0 aliphatic carbocycles. The summed E-state index contributed by atoms with van der Waals surface area (Å²) in [6.07, 6.45) is -2.73. The van der Waals surface area contributed by atoms with E-state index in [0.29, 0.717) is 29.8 Å². The third kappa shape index (κ3) is 2.54. The quantitative estimate of drug-likeness (QED) is 0.931. The van der Waals surface area contributed by atoms with E-state index in [1.54, 1.807) is 29.2 Å². The molecule has 1 aromatic heterocycles. The third-order valence-corrected chi connectivity index (χ3v) is 3.48. The van der Waals surface area contributed by atoms with Gasteiger partial charge in [0.15, 0.2) is 5.82 Å². The summed E-state index contributed by atoms with van der Waals surface area (Å²) in [5, 5.41) is 10.8. The molecule has 0 spiro atoms. The van der Waals surface area contributed by atoms with Crippen LogP contribution in [0, 0.1) is 0 Å². The predicted molar refractivity (Wildman–Crippen MR) is 73.5 cm³/mol. The van der Waals surface area contributed by atoms with Crippen molar-refractivity contribution in [2.75, 3.05) is 31.7 Å². The molecule has 0 atom stereocenters. The van der Waals surface area contributed by atoms with E-state index in [1.165, 1.54) is 7.11 Å². The molecule has 112 valence electrons. The molecular formula is C14H15F2N3O2. The second-order valence-corrected chi connectivity index (χ2v) is 5.24. The normalized spacial score (nSPS) is 17.3. The van der Waals surface area contributed by atoms with Crippen molar-refractivity contribution in [3.63, 3.8) is 0 Å². The Labute approximate surface area is 120 Å². The largest absolute Gasteiger partial charge is 0.384 e. The Morgan fingerprint density at radius 3 is 2.71 bits per heavy atom. The first kappa shape index (κ1) is 14.1. The number of anilines is 1. The van der Waals surface area contributed by atoms with E-state index in [0.717, 1.165) is 0 Å². The molecule has 1 N–H and O–H groups in total. The summed E-state index contributed by atoms with van der Waals surface area (Å²) in [5.41, 5.74) is -0.480. The molecule has 5 nitrogen and oxygen atoms in total. The van der Waals surface area contributed by atoms with Gasteiger partial charge in [-0.15, -0.1) is 0 Å². The number of hydrogen-bond donors (Lipinski definition) is 1. The van der Waals surface area contributed by atoms with Crippen LogP contribution in [-0.4, -0.2) is 47.5 Å². The Bertz CT molecular complexity index is 660. The lowest BCUT2D eigenvalue weighted by Gasteiger charge is -2.46. The van der Waals surface area contributed by atoms with Gasteiger partial charge in [-0.2, -0.15) is 0 Å². The van der Waals surface area contributed by atoms with Crippen LogP contribution >= 0.6 is 0 Å². The molecular weight excluding hydrogens is 280 g/mol. The van der Waals surface area contributed by atoms with Gasteiger partial charge in [0, 0.05) is 12.5 Å². The molecule has 1 aliphatic rings. The Morgan fingerprint density at radius 1 is 1.33 bits per heavy atom. The Morgan fingerprint density at radius 2 is 2.05 bits per heavy atom. The smallest absolute Gasteiger partial charge is 0.297 e. The summed E-state index contributed by atoms with van der Waals surface area (Å²) in [7, 11) is 1.51. The number of benzene rings is 1. The fourth-order valence-electron chi connectivity index (χ4n) is 2.59.